The molecule has 4 rings (SSSR count). The number of non-ortho nitro benzene ring substituents is 1. The van der Waals surface area contributed by atoms with E-state index < -0.39 is 0 Å². The maximum Gasteiger partial charge on any atom is 0.295 e. The van der Waals surface area contributed by atoms with Crippen LogP contribution < -0.4 is 10.2 Å². The van der Waals surface area contributed by atoms with Crippen LogP contribution in [0.1, 0.15) is 6.42 Å². The molecule has 2 aromatic rings. The van der Waals surface area contributed by atoms with E-state index in [1.165, 1.54) is 12.5 Å². The third-order valence-corrected chi connectivity index (χ3v) is 4.68. The summed E-state index contributed by atoms with van der Waals surface area (Å²) < 4.78 is 0. The van der Waals surface area contributed by atoms with Gasteiger partial charge in [-0.3, -0.25) is 10.1 Å². The second kappa shape index (κ2) is 4.66. The van der Waals surface area contributed by atoms with Crippen molar-refractivity contribution in [3.05, 3.63) is 40.6 Å². The van der Waals surface area contributed by atoms with E-state index in [1.54, 1.807) is 12.3 Å². The number of nitro benzene ring substituents is 1. The van der Waals surface area contributed by atoms with Gasteiger partial charge in [-0.25, -0.2) is 4.98 Å². The van der Waals surface area contributed by atoms with Crippen LogP contribution in [-0.4, -0.2) is 35.6 Å². The standard InChI is InChI=1S/C15H16N4O2/c20-19(21)13-3-1-2-11-12(4-6-17-15(11)13)18-7-5-10-8-16-9-14(10)18/h1-4,6,10,14,16H,5,7-9H2/t10-,14+/m0/s1. The van der Waals surface area contributed by atoms with Gasteiger partial charge in [0.25, 0.3) is 5.69 Å². The predicted octanol–water partition coefficient (Wildman–Crippen LogP) is 1.94. The van der Waals surface area contributed by atoms with E-state index >= 15 is 0 Å². The number of pyridine rings is 1. The molecule has 6 heteroatoms. The fraction of sp³-hybridized carbons (Fsp3) is 0.400. The maximum absolute atomic E-state index is 11.2. The van der Waals surface area contributed by atoms with E-state index in [-0.39, 0.29) is 10.6 Å². The van der Waals surface area contributed by atoms with Gasteiger partial charge in [0.15, 0.2) is 0 Å². The minimum absolute atomic E-state index is 0.0784. The second-order valence-corrected chi connectivity index (χ2v) is 5.73. The minimum Gasteiger partial charge on any atom is -0.366 e. The van der Waals surface area contributed by atoms with E-state index in [9.17, 15) is 10.1 Å². The number of nitrogens with zero attached hydrogens (tertiary/aromatic N) is 3. The third-order valence-electron chi connectivity index (χ3n) is 4.68. The number of para-hydroxylation sites is 1. The van der Waals surface area contributed by atoms with Crippen LogP contribution in [0.2, 0.25) is 0 Å². The van der Waals surface area contributed by atoms with E-state index in [0.29, 0.717) is 17.5 Å². The lowest BCUT2D eigenvalue weighted by Gasteiger charge is -2.26. The Balaban J connectivity index is 1.86. The molecule has 3 heterocycles. The van der Waals surface area contributed by atoms with Crippen molar-refractivity contribution in [3.8, 4) is 0 Å². The van der Waals surface area contributed by atoms with Crippen molar-refractivity contribution in [1.29, 1.82) is 0 Å². The van der Waals surface area contributed by atoms with Gasteiger partial charge in [-0.1, -0.05) is 12.1 Å². The predicted molar refractivity (Wildman–Crippen MR) is 80.5 cm³/mol. The highest BCUT2D eigenvalue weighted by atomic mass is 16.6. The quantitative estimate of drug-likeness (QED) is 0.674. The van der Waals surface area contributed by atoms with Crippen molar-refractivity contribution in [2.24, 2.45) is 5.92 Å². The van der Waals surface area contributed by atoms with E-state index in [2.05, 4.69) is 15.2 Å². The molecule has 2 fully saturated rings. The van der Waals surface area contributed by atoms with Crippen LogP contribution in [0.15, 0.2) is 30.5 Å². The molecule has 0 spiro atoms. The van der Waals surface area contributed by atoms with E-state index in [1.807, 2.05) is 12.1 Å². The molecule has 1 aromatic heterocycles. The first kappa shape index (κ1) is 12.5. The number of fused-ring (bicyclic) bond motifs is 2. The zero-order valence-corrected chi connectivity index (χ0v) is 11.5. The molecular formula is C15H16N4O2. The number of hydrogen-bond acceptors (Lipinski definition) is 5. The first-order valence-electron chi connectivity index (χ1n) is 7.25. The van der Waals surface area contributed by atoms with Gasteiger partial charge >= 0.3 is 0 Å². The van der Waals surface area contributed by atoms with Crippen LogP contribution in [-0.2, 0) is 0 Å². The van der Waals surface area contributed by atoms with Gasteiger partial charge in [-0.05, 0) is 18.4 Å². The number of nitrogens with one attached hydrogen (secondary N) is 1. The van der Waals surface area contributed by atoms with Gasteiger partial charge in [-0.2, -0.15) is 0 Å². The van der Waals surface area contributed by atoms with Gasteiger partial charge in [0.05, 0.1) is 4.92 Å². The first-order valence-corrected chi connectivity index (χ1v) is 7.25. The van der Waals surface area contributed by atoms with Crippen LogP contribution in [0.4, 0.5) is 11.4 Å². The summed E-state index contributed by atoms with van der Waals surface area (Å²) in [5.41, 5.74) is 1.63. The molecule has 0 radical (unpaired) electrons. The Bertz CT molecular complexity index is 718. The molecule has 0 bridgehead atoms. The number of hydrogen-bond donors (Lipinski definition) is 1. The average Bonchev–Trinajstić information content (AvgIpc) is 3.09. The number of nitro groups is 1. The van der Waals surface area contributed by atoms with Crippen LogP contribution in [0.3, 0.4) is 0 Å². The highest BCUT2D eigenvalue weighted by Crippen LogP contribution is 2.37. The molecule has 0 aliphatic carbocycles. The smallest absolute Gasteiger partial charge is 0.295 e. The molecule has 6 nitrogen and oxygen atoms in total. The molecule has 1 N–H and O–H groups in total. The van der Waals surface area contributed by atoms with Gasteiger partial charge in [-0.15, -0.1) is 0 Å². The summed E-state index contributed by atoms with van der Waals surface area (Å²) in [7, 11) is 0. The van der Waals surface area contributed by atoms with Crippen LogP contribution >= 0.6 is 0 Å². The topological polar surface area (TPSA) is 71.3 Å². The fourth-order valence-corrected chi connectivity index (χ4v) is 3.69. The summed E-state index contributed by atoms with van der Waals surface area (Å²) in [5, 5.41) is 15.5. The SMILES string of the molecule is O=[N+]([O-])c1cccc2c(N3CC[C@H]4CNC[C@H]43)ccnc12. The van der Waals surface area contributed by atoms with Crippen molar-refractivity contribution in [2.45, 2.75) is 12.5 Å². The van der Waals surface area contributed by atoms with Gasteiger partial charge in [0.1, 0.15) is 5.52 Å². The normalized spacial score (nSPS) is 24.5. The molecule has 2 saturated heterocycles. The summed E-state index contributed by atoms with van der Waals surface area (Å²) in [6.45, 7) is 3.08. The highest BCUT2D eigenvalue weighted by Gasteiger charge is 2.38. The van der Waals surface area contributed by atoms with Crippen LogP contribution in [0, 0.1) is 16.0 Å². The number of anilines is 1. The third kappa shape index (κ3) is 1.86. The Hall–Kier alpha value is -2.21. The Morgan fingerprint density at radius 2 is 2.24 bits per heavy atom. The Kier molecular flexibility index (Phi) is 2.78. The lowest BCUT2D eigenvalue weighted by Crippen LogP contribution is -2.34. The van der Waals surface area contributed by atoms with Crippen LogP contribution in [0.25, 0.3) is 10.9 Å². The van der Waals surface area contributed by atoms with E-state index in [0.717, 1.165) is 30.7 Å². The Morgan fingerprint density at radius 1 is 1.33 bits per heavy atom. The summed E-state index contributed by atoms with van der Waals surface area (Å²) in [5.74, 6) is 0.687. The fourth-order valence-electron chi connectivity index (χ4n) is 3.69. The number of benzene rings is 1. The van der Waals surface area contributed by atoms with Gasteiger partial charge in [0, 0.05) is 49.0 Å². The summed E-state index contributed by atoms with van der Waals surface area (Å²) in [6.07, 6.45) is 2.86. The second-order valence-electron chi connectivity index (χ2n) is 5.73. The molecule has 1 aromatic carbocycles. The number of aromatic nitrogens is 1. The zero-order chi connectivity index (χ0) is 14.4. The van der Waals surface area contributed by atoms with Crippen LogP contribution in [0.5, 0.6) is 0 Å². The Morgan fingerprint density at radius 3 is 3.10 bits per heavy atom. The number of rotatable bonds is 2. The Labute approximate surface area is 121 Å². The van der Waals surface area contributed by atoms with Crippen molar-refractivity contribution in [3.63, 3.8) is 0 Å². The molecule has 2 aliphatic rings. The van der Waals surface area contributed by atoms with Gasteiger partial charge in [0.2, 0.25) is 0 Å². The van der Waals surface area contributed by atoms with Crippen molar-refractivity contribution in [1.82, 2.24) is 10.3 Å². The molecule has 0 saturated carbocycles. The molecule has 108 valence electrons. The molecule has 0 amide bonds. The lowest BCUT2D eigenvalue weighted by atomic mass is 10.0. The first-order chi connectivity index (χ1) is 10.3. The summed E-state index contributed by atoms with van der Waals surface area (Å²) >= 11 is 0. The average molecular weight is 284 g/mol. The molecule has 21 heavy (non-hydrogen) atoms. The van der Waals surface area contributed by atoms with Crippen molar-refractivity contribution < 1.29 is 4.92 Å². The highest BCUT2D eigenvalue weighted by molar-refractivity contribution is 5.96. The molecular weight excluding hydrogens is 268 g/mol. The lowest BCUT2D eigenvalue weighted by molar-refractivity contribution is -0.383. The monoisotopic (exact) mass is 284 g/mol. The van der Waals surface area contributed by atoms with Gasteiger partial charge < -0.3 is 10.2 Å². The molecule has 0 unspecified atom stereocenters. The molecule has 2 atom stereocenters. The minimum atomic E-state index is -0.358. The van der Waals surface area contributed by atoms with E-state index in [4.69, 9.17) is 0 Å². The zero-order valence-electron chi connectivity index (χ0n) is 11.5. The maximum atomic E-state index is 11.2. The summed E-state index contributed by atoms with van der Waals surface area (Å²) in [6, 6.07) is 7.66. The van der Waals surface area contributed by atoms with Crippen molar-refractivity contribution in [2.75, 3.05) is 24.5 Å². The largest absolute Gasteiger partial charge is 0.366 e. The summed E-state index contributed by atoms with van der Waals surface area (Å²) in [4.78, 5) is 17.4. The van der Waals surface area contributed by atoms with Crippen molar-refractivity contribution >= 4 is 22.3 Å². The molecule has 2 aliphatic heterocycles.